The number of hydrazone groups is 1. The predicted molar refractivity (Wildman–Crippen MR) is 153 cm³/mol. The number of esters is 1. The summed E-state index contributed by atoms with van der Waals surface area (Å²) in [6.45, 7) is 5.82. The molecule has 0 saturated heterocycles. The van der Waals surface area contributed by atoms with Crippen LogP contribution in [0.1, 0.15) is 63.9 Å². The highest BCUT2D eigenvalue weighted by Crippen LogP contribution is 2.40. The van der Waals surface area contributed by atoms with Crippen LogP contribution in [0.2, 0.25) is 5.02 Å². The standard InChI is InChI=1S/C29H30ClN3O5S/c1-4-37-29(36)25-23-14-5-17(2)15-24(23)39-28(25)32-27(35)20-8-12-22(13-9-20)38-18(3)26(34)33-31-16-19-6-10-21(30)11-7-19/h6-13,16-18H,4-5,14-15H2,1-3H3,(H,32,35)(H,33,34)/b31-16-/t17-,18+/m1/s1. The van der Waals surface area contributed by atoms with E-state index in [9.17, 15) is 14.4 Å². The number of nitrogens with zero attached hydrogens (tertiary/aromatic N) is 1. The highest BCUT2D eigenvalue weighted by Gasteiger charge is 2.29. The molecule has 0 unspecified atom stereocenters. The lowest BCUT2D eigenvalue weighted by Crippen LogP contribution is -2.33. The molecule has 4 rings (SSSR count). The van der Waals surface area contributed by atoms with Crippen molar-refractivity contribution in [2.45, 2.75) is 46.1 Å². The van der Waals surface area contributed by atoms with Crippen LogP contribution in [-0.4, -0.2) is 36.7 Å². The second-order valence-corrected chi connectivity index (χ2v) is 10.8. The van der Waals surface area contributed by atoms with E-state index in [1.54, 1.807) is 62.4 Å². The van der Waals surface area contributed by atoms with Crippen LogP contribution in [0.3, 0.4) is 0 Å². The van der Waals surface area contributed by atoms with Gasteiger partial charge >= 0.3 is 5.97 Å². The summed E-state index contributed by atoms with van der Waals surface area (Å²) < 4.78 is 11.0. The average molecular weight is 568 g/mol. The van der Waals surface area contributed by atoms with Gasteiger partial charge < -0.3 is 14.8 Å². The SMILES string of the molecule is CCOC(=O)c1c(NC(=O)c2ccc(O[C@@H](C)C(=O)N/N=C\c3ccc(Cl)cc3)cc2)sc2c1CC[C@@H](C)C2. The van der Waals surface area contributed by atoms with Crippen LogP contribution < -0.4 is 15.5 Å². The number of amides is 2. The summed E-state index contributed by atoms with van der Waals surface area (Å²) >= 11 is 7.30. The second-order valence-electron chi connectivity index (χ2n) is 9.30. The largest absolute Gasteiger partial charge is 0.481 e. The van der Waals surface area contributed by atoms with Gasteiger partial charge in [0, 0.05) is 15.5 Å². The first kappa shape index (κ1) is 28.3. The van der Waals surface area contributed by atoms with Gasteiger partial charge in [-0.2, -0.15) is 5.10 Å². The lowest BCUT2D eigenvalue weighted by atomic mass is 9.88. The number of thiophene rings is 1. The normalized spacial score (nSPS) is 15.3. The molecule has 0 spiro atoms. The van der Waals surface area contributed by atoms with Crippen molar-refractivity contribution >= 4 is 51.9 Å². The van der Waals surface area contributed by atoms with Gasteiger partial charge in [-0.1, -0.05) is 30.7 Å². The number of carbonyl (C=O) groups excluding carboxylic acids is 3. The fourth-order valence-electron chi connectivity index (χ4n) is 4.19. The fourth-order valence-corrected chi connectivity index (χ4v) is 5.71. The maximum Gasteiger partial charge on any atom is 0.341 e. The van der Waals surface area contributed by atoms with Crippen LogP contribution >= 0.6 is 22.9 Å². The molecule has 39 heavy (non-hydrogen) atoms. The number of benzene rings is 2. The van der Waals surface area contributed by atoms with Gasteiger partial charge in [0.2, 0.25) is 0 Å². The number of hydrogen-bond acceptors (Lipinski definition) is 7. The molecule has 8 nitrogen and oxygen atoms in total. The van der Waals surface area contributed by atoms with E-state index in [1.165, 1.54) is 17.6 Å². The van der Waals surface area contributed by atoms with Crippen molar-refractivity contribution in [3.63, 3.8) is 0 Å². The van der Waals surface area contributed by atoms with Crippen LogP contribution in [-0.2, 0) is 22.4 Å². The Morgan fingerprint density at radius 1 is 1.15 bits per heavy atom. The fraction of sp³-hybridized carbons (Fsp3) is 0.310. The van der Waals surface area contributed by atoms with E-state index in [-0.39, 0.29) is 12.5 Å². The minimum atomic E-state index is -0.820. The van der Waals surface area contributed by atoms with Crippen LogP contribution in [0.25, 0.3) is 0 Å². The third-order valence-electron chi connectivity index (χ3n) is 6.28. The zero-order chi connectivity index (χ0) is 27.9. The molecule has 3 aromatic rings. The van der Waals surface area contributed by atoms with E-state index in [1.807, 2.05) is 0 Å². The number of rotatable bonds is 9. The average Bonchev–Trinajstić information content (AvgIpc) is 3.27. The summed E-state index contributed by atoms with van der Waals surface area (Å²) in [6.07, 6.45) is 3.36. The maximum atomic E-state index is 13.0. The van der Waals surface area contributed by atoms with Crippen molar-refractivity contribution in [3.05, 3.63) is 80.7 Å². The Balaban J connectivity index is 1.37. The number of nitrogens with one attached hydrogen (secondary N) is 2. The molecule has 0 aliphatic heterocycles. The van der Waals surface area contributed by atoms with Crippen molar-refractivity contribution in [2.24, 2.45) is 11.0 Å². The summed E-state index contributed by atoms with van der Waals surface area (Å²) in [5.74, 6) is -0.232. The Labute approximate surface area is 236 Å². The lowest BCUT2D eigenvalue weighted by Gasteiger charge is -2.18. The number of hydrogen-bond donors (Lipinski definition) is 2. The van der Waals surface area contributed by atoms with Crippen molar-refractivity contribution in [1.29, 1.82) is 0 Å². The predicted octanol–water partition coefficient (Wildman–Crippen LogP) is 5.87. The Morgan fingerprint density at radius 2 is 1.87 bits per heavy atom. The van der Waals surface area contributed by atoms with E-state index in [0.29, 0.717) is 32.8 Å². The Kier molecular flexibility index (Phi) is 9.37. The molecule has 1 aliphatic rings. The molecule has 1 heterocycles. The highest BCUT2D eigenvalue weighted by molar-refractivity contribution is 7.17. The van der Waals surface area contributed by atoms with Gasteiger partial charge in [0.1, 0.15) is 10.8 Å². The molecule has 2 N–H and O–H groups in total. The first-order chi connectivity index (χ1) is 18.7. The molecule has 2 aromatic carbocycles. The zero-order valence-corrected chi connectivity index (χ0v) is 23.5. The smallest absolute Gasteiger partial charge is 0.341 e. The lowest BCUT2D eigenvalue weighted by molar-refractivity contribution is -0.127. The summed E-state index contributed by atoms with van der Waals surface area (Å²) in [5, 5.41) is 7.97. The molecule has 10 heteroatoms. The Bertz CT molecular complexity index is 1370. The monoisotopic (exact) mass is 567 g/mol. The summed E-state index contributed by atoms with van der Waals surface area (Å²) in [6, 6.07) is 13.5. The van der Waals surface area contributed by atoms with Gasteiger partial charge in [-0.3, -0.25) is 9.59 Å². The third-order valence-corrected chi connectivity index (χ3v) is 7.70. The number of fused-ring (bicyclic) bond motifs is 1. The minimum Gasteiger partial charge on any atom is -0.481 e. The van der Waals surface area contributed by atoms with E-state index in [4.69, 9.17) is 21.1 Å². The molecular formula is C29H30ClN3O5S. The van der Waals surface area contributed by atoms with E-state index in [0.717, 1.165) is 35.3 Å². The third kappa shape index (κ3) is 7.25. The number of ether oxygens (including phenoxy) is 2. The molecule has 1 aliphatic carbocycles. The van der Waals surface area contributed by atoms with Crippen LogP contribution in [0.5, 0.6) is 5.75 Å². The first-order valence-corrected chi connectivity index (χ1v) is 13.9. The summed E-state index contributed by atoms with van der Waals surface area (Å²) in [7, 11) is 0. The quantitative estimate of drug-likeness (QED) is 0.191. The topological polar surface area (TPSA) is 106 Å². The molecular weight excluding hydrogens is 538 g/mol. The number of anilines is 1. The molecule has 0 saturated carbocycles. The summed E-state index contributed by atoms with van der Waals surface area (Å²) in [5.41, 5.74) is 5.07. The molecule has 2 atom stereocenters. The Morgan fingerprint density at radius 3 is 2.56 bits per heavy atom. The Hall–Kier alpha value is -3.69. The highest BCUT2D eigenvalue weighted by atomic mass is 35.5. The van der Waals surface area contributed by atoms with Gasteiger partial charge in [-0.15, -0.1) is 11.3 Å². The zero-order valence-electron chi connectivity index (χ0n) is 22.0. The van der Waals surface area contributed by atoms with Gasteiger partial charge in [0.05, 0.1) is 18.4 Å². The molecule has 0 bridgehead atoms. The molecule has 1 aromatic heterocycles. The van der Waals surface area contributed by atoms with E-state index >= 15 is 0 Å². The first-order valence-electron chi connectivity index (χ1n) is 12.7. The van der Waals surface area contributed by atoms with Crippen molar-refractivity contribution in [2.75, 3.05) is 11.9 Å². The molecule has 204 valence electrons. The van der Waals surface area contributed by atoms with E-state index in [2.05, 4.69) is 22.8 Å². The molecule has 2 amide bonds. The van der Waals surface area contributed by atoms with Gasteiger partial charge in [0.25, 0.3) is 11.8 Å². The van der Waals surface area contributed by atoms with Crippen LogP contribution in [0.4, 0.5) is 5.00 Å². The van der Waals surface area contributed by atoms with Gasteiger partial charge in [0.15, 0.2) is 6.10 Å². The van der Waals surface area contributed by atoms with Gasteiger partial charge in [-0.05, 0) is 86.6 Å². The summed E-state index contributed by atoms with van der Waals surface area (Å²) in [4.78, 5) is 39.2. The van der Waals surface area contributed by atoms with Crippen molar-refractivity contribution < 1.29 is 23.9 Å². The van der Waals surface area contributed by atoms with Gasteiger partial charge in [-0.25, -0.2) is 10.2 Å². The van der Waals surface area contributed by atoms with Crippen LogP contribution in [0.15, 0.2) is 53.6 Å². The molecule has 0 radical (unpaired) electrons. The maximum absolute atomic E-state index is 13.0. The number of halogens is 1. The van der Waals surface area contributed by atoms with E-state index < -0.39 is 18.0 Å². The van der Waals surface area contributed by atoms with Crippen molar-refractivity contribution in [3.8, 4) is 5.75 Å². The second kappa shape index (κ2) is 12.9. The number of carbonyl (C=O) groups is 3. The molecule has 0 fully saturated rings. The van der Waals surface area contributed by atoms with Crippen molar-refractivity contribution in [1.82, 2.24) is 5.43 Å². The minimum absolute atomic E-state index is 0.264. The van der Waals surface area contributed by atoms with Crippen LogP contribution in [0, 0.1) is 5.92 Å².